The van der Waals surface area contributed by atoms with Crippen LogP contribution in [0.15, 0.2) is 79.0 Å². The van der Waals surface area contributed by atoms with Gasteiger partial charge in [0, 0.05) is 29.3 Å². The summed E-state index contributed by atoms with van der Waals surface area (Å²) in [6.07, 6.45) is 2.06. The van der Waals surface area contributed by atoms with Gasteiger partial charge in [-0.05, 0) is 55.0 Å². The molecular formula is C25H20FN3O. The van der Waals surface area contributed by atoms with Crippen molar-refractivity contribution in [2.45, 2.75) is 13.5 Å². The minimum atomic E-state index is -0.285. The molecule has 148 valence electrons. The summed E-state index contributed by atoms with van der Waals surface area (Å²) in [7, 11) is 0. The molecule has 0 saturated carbocycles. The number of hydrogen-bond donors (Lipinski definition) is 0. The largest absolute Gasteiger partial charge is 0.494 e. The van der Waals surface area contributed by atoms with Crippen LogP contribution in [0.25, 0.3) is 33.4 Å². The Morgan fingerprint density at radius 3 is 2.43 bits per heavy atom. The molecule has 0 atom stereocenters. The minimum absolute atomic E-state index is 0.285. The Kier molecular flexibility index (Phi) is 4.64. The molecule has 5 heteroatoms. The predicted molar refractivity (Wildman–Crippen MR) is 116 cm³/mol. The standard InChI is InChI=1S/C25H20FN3O/c1-2-30-20-11-8-18(9-12-20)24-22-16-29(15-17-6-4-3-5-7-17)23-13-10-19(26)14-21(23)25(22)28-27-24/h3-14,16H,2,15H2,1H3. The molecule has 0 radical (unpaired) electrons. The molecule has 0 unspecified atom stereocenters. The summed E-state index contributed by atoms with van der Waals surface area (Å²) in [5, 5.41) is 9.61. The zero-order valence-corrected chi connectivity index (χ0v) is 16.5. The number of aromatic nitrogens is 3. The van der Waals surface area contributed by atoms with E-state index in [9.17, 15) is 4.39 Å². The Hall–Kier alpha value is -3.73. The number of hydrogen-bond acceptors (Lipinski definition) is 3. The maximum atomic E-state index is 14.1. The highest BCUT2D eigenvalue weighted by atomic mass is 19.1. The van der Waals surface area contributed by atoms with Crippen LogP contribution in [0, 0.1) is 5.82 Å². The van der Waals surface area contributed by atoms with E-state index in [4.69, 9.17) is 4.74 Å². The monoisotopic (exact) mass is 397 g/mol. The number of halogens is 1. The summed E-state index contributed by atoms with van der Waals surface area (Å²) in [5.74, 6) is 0.531. The zero-order chi connectivity index (χ0) is 20.5. The number of ether oxygens (including phenoxy) is 1. The molecule has 2 heterocycles. The van der Waals surface area contributed by atoms with E-state index in [0.29, 0.717) is 18.8 Å². The summed E-state index contributed by atoms with van der Waals surface area (Å²) in [6, 6.07) is 22.9. The molecule has 0 saturated heterocycles. The molecule has 0 spiro atoms. The van der Waals surface area contributed by atoms with Crippen molar-refractivity contribution in [2.24, 2.45) is 0 Å². The summed E-state index contributed by atoms with van der Waals surface area (Å²) < 4.78 is 21.8. The molecular weight excluding hydrogens is 377 g/mol. The van der Waals surface area contributed by atoms with Crippen LogP contribution in [0.2, 0.25) is 0 Å². The molecule has 0 amide bonds. The van der Waals surface area contributed by atoms with Crippen LogP contribution in [0.5, 0.6) is 5.75 Å². The van der Waals surface area contributed by atoms with Crippen LogP contribution in [-0.4, -0.2) is 21.4 Å². The van der Waals surface area contributed by atoms with Gasteiger partial charge in [-0.25, -0.2) is 4.39 Å². The molecule has 0 fully saturated rings. The quantitative estimate of drug-likeness (QED) is 0.377. The van der Waals surface area contributed by atoms with Crippen LogP contribution < -0.4 is 4.74 Å². The molecule has 0 bridgehead atoms. The van der Waals surface area contributed by atoms with E-state index in [1.165, 1.54) is 17.7 Å². The van der Waals surface area contributed by atoms with Gasteiger partial charge >= 0.3 is 0 Å². The molecule has 2 aliphatic rings. The third kappa shape index (κ3) is 3.28. The van der Waals surface area contributed by atoms with E-state index >= 15 is 0 Å². The van der Waals surface area contributed by atoms with Crippen molar-refractivity contribution in [3.63, 3.8) is 0 Å². The van der Waals surface area contributed by atoms with Crippen LogP contribution in [0.3, 0.4) is 0 Å². The van der Waals surface area contributed by atoms with Crippen molar-refractivity contribution in [2.75, 3.05) is 6.61 Å². The van der Waals surface area contributed by atoms with Gasteiger partial charge in [0.15, 0.2) is 0 Å². The van der Waals surface area contributed by atoms with Gasteiger partial charge in [0.2, 0.25) is 0 Å². The van der Waals surface area contributed by atoms with Gasteiger partial charge in [-0.3, -0.25) is 0 Å². The molecule has 3 aromatic rings. The first kappa shape index (κ1) is 18.3. The topological polar surface area (TPSA) is 39.9 Å². The third-order valence-corrected chi connectivity index (χ3v) is 5.20. The average molecular weight is 397 g/mol. The van der Waals surface area contributed by atoms with E-state index in [1.54, 1.807) is 6.07 Å². The van der Waals surface area contributed by atoms with Crippen molar-refractivity contribution in [3.05, 3.63) is 90.4 Å². The van der Waals surface area contributed by atoms with E-state index in [-0.39, 0.29) is 5.82 Å². The van der Waals surface area contributed by atoms with E-state index in [0.717, 1.165) is 33.5 Å². The predicted octanol–water partition coefficient (Wildman–Crippen LogP) is 5.79. The van der Waals surface area contributed by atoms with Crippen LogP contribution >= 0.6 is 0 Å². The SMILES string of the molecule is CCOc1ccc(-c2nnc3c4cc(F)ccc4n(Cc4ccccc4)cc2-3)cc1. The number of rotatable bonds is 5. The summed E-state index contributed by atoms with van der Waals surface area (Å²) in [5.41, 5.74) is 5.42. The van der Waals surface area contributed by atoms with E-state index < -0.39 is 0 Å². The van der Waals surface area contributed by atoms with Gasteiger partial charge in [0.1, 0.15) is 23.0 Å². The number of nitrogens with zero attached hydrogens (tertiary/aromatic N) is 3. The third-order valence-electron chi connectivity index (χ3n) is 5.20. The first-order valence-corrected chi connectivity index (χ1v) is 9.95. The number of benzene rings is 3. The lowest BCUT2D eigenvalue weighted by Gasteiger charge is -2.15. The second-order valence-electron chi connectivity index (χ2n) is 7.17. The summed E-state index contributed by atoms with van der Waals surface area (Å²) in [6.45, 7) is 3.25. The smallest absolute Gasteiger partial charge is 0.124 e. The highest BCUT2D eigenvalue weighted by molar-refractivity contribution is 5.98. The van der Waals surface area contributed by atoms with Gasteiger partial charge in [-0.1, -0.05) is 30.3 Å². The van der Waals surface area contributed by atoms with Crippen molar-refractivity contribution >= 4 is 10.9 Å². The van der Waals surface area contributed by atoms with Gasteiger partial charge in [-0.2, -0.15) is 0 Å². The molecule has 30 heavy (non-hydrogen) atoms. The fourth-order valence-electron chi connectivity index (χ4n) is 3.81. The van der Waals surface area contributed by atoms with E-state index in [1.807, 2.05) is 49.4 Å². The van der Waals surface area contributed by atoms with Crippen LogP contribution in [0.1, 0.15) is 12.5 Å². The Balaban J connectivity index is 1.68. The molecule has 0 aromatic heterocycles. The molecule has 2 aliphatic heterocycles. The highest BCUT2D eigenvalue weighted by Crippen LogP contribution is 2.37. The van der Waals surface area contributed by atoms with Gasteiger partial charge in [0.05, 0.1) is 12.1 Å². The molecule has 0 aliphatic carbocycles. The maximum absolute atomic E-state index is 14.1. The molecule has 5 rings (SSSR count). The number of fused-ring (bicyclic) bond motifs is 3. The number of pyridine rings is 1. The molecule has 3 aromatic carbocycles. The Labute approximate surface area is 173 Å². The second-order valence-corrected chi connectivity index (χ2v) is 7.17. The second kappa shape index (κ2) is 7.59. The molecule has 4 nitrogen and oxygen atoms in total. The van der Waals surface area contributed by atoms with Crippen molar-refractivity contribution in [1.29, 1.82) is 0 Å². The highest BCUT2D eigenvalue weighted by Gasteiger charge is 2.20. The molecule has 0 N–H and O–H groups in total. The lowest BCUT2D eigenvalue weighted by molar-refractivity contribution is 0.340. The van der Waals surface area contributed by atoms with Crippen LogP contribution in [-0.2, 0) is 6.54 Å². The first-order valence-electron chi connectivity index (χ1n) is 9.95. The Morgan fingerprint density at radius 1 is 0.900 bits per heavy atom. The Morgan fingerprint density at radius 2 is 1.67 bits per heavy atom. The fourth-order valence-corrected chi connectivity index (χ4v) is 3.81. The van der Waals surface area contributed by atoms with E-state index in [2.05, 4.69) is 33.1 Å². The fraction of sp³-hybridized carbons (Fsp3) is 0.120. The van der Waals surface area contributed by atoms with Crippen molar-refractivity contribution in [3.8, 4) is 28.3 Å². The van der Waals surface area contributed by atoms with Crippen molar-refractivity contribution < 1.29 is 9.13 Å². The minimum Gasteiger partial charge on any atom is -0.494 e. The van der Waals surface area contributed by atoms with Gasteiger partial charge in [-0.15, -0.1) is 10.2 Å². The van der Waals surface area contributed by atoms with Gasteiger partial charge < -0.3 is 9.30 Å². The lowest BCUT2D eigenvalue weighted by Crippen LogP contribution is -2.04. The Bertz CT molecular complexity index is 1280. The lowest BCUT2D eigenvalue weighted by atomic mass is 10.0. The zero-order valence-electron chi connectivity index (χ0n) is 16.5. The van der Waals surface area contributed by atoms with Gasteiger partial charge in [0.25, 0.3) is 0 Å². The maximum Gasteiger partial charge on any atom is 0.124 e. The van der Waals surface area contributed by atoms with Crippen LogP contribution in [0.4, 0.5) is 4.39 Å². The van der Waals surface area contributed by atoms with Crippen molar-refractivity contribution in [1.82, 2.24) is 14.8 Å². The first-order chi connectivity index (χ1) is 14.7. The average Bonchev–Trinajstić information content (AvgIpc) is 3.19. The normalized spacial score (nSPS) is 11.3. The summed E-state index contributed by atoms with van der Waals surface area (Å²) >= 11 is 0. The summed E-state index contributed by atoms with van der Waals surface area (Å²) in [4.78, 5) is 0.